The number of amides is 1. The lowest BCUT2D eigenvalue weighted by Crippen LogP contribution is -2.46. The number of hydrogen-bond acceptors (Lipinski definition) is 3. The van der Waals surface area contributed by atoms with E-state index in [0.29, 0.717) is 19.5 Å². The molecule has 0 saturated heterocycles. The van der Waals surface area contributed by atoms with Crippen LogP contribution in [0, 0.1) is 5.41 Å². The predicted molar refractivity (Wildman–Crippen MR) is 73.1 cm³/mol. The summed E-state index contributed by atoms with van der Waals surface area (Å²) >= 11 is 0. The summed E-state index contributed by atoms with van der Waals surface area (Å²) in [5.41, 5.74) is 5.50. The zero-order valence-corrected chi connectivity index (χ0v) is 11.6. The molecule has 0 bridgehead atoms. The van der Waals surface area contributed by atoms with Gasteiger partial charge in [-0.3, -0.25) is 4.79 Å². The maximum absolute atomic E-state index is 12.3. The molecule has 1 aliphatic carbocycles. The van der Waals surface area contributed by atoms with Crippen molar-refractivity contribution >= 4 is 5.91 Å². The van der Waals surface area contributed by atoms with Crippen molar-refractivity contribution in [3.05, 3.63) is 0 Å². The molecule has 0 aromatic carbocycles. The van der Waals surface area contributed by atoms with Crippen LogP contribution in [0.15, 0.2) is 0 Å². The van der Waals surface area contributed by atoms with Crippen molar-refractivity contribution in [2.75, 3.05) is 13.1 Å². The smallest absolute Gasteiger partial charge is 0.227 e. The number of rotatable bonds is 6. The van der Waals surface area contributed by atoms with Crippen LogP contribution >= 0.6 is 0 Å². The highest BCUT2D eigenvalue weighted by Gasteiger charge is 2.36. The number of aliphatic hydroxyl groups excluding tert-OH is 1. The lowest BCUT2D eigenvalue weighted by molar-refractivity contribution is -0.131. The molecule has 0 radical (unpaired) electrons. The van der Waals surface area contributed by atoms with Gasteiger partial charge < -0.3 is 16.2 Å². The highest BCUT2D eigenvalue weighted by atomic mass is 16.3. The van der Waals surface area contributed by atoms with Crippen LogP contribution in [0.25, 0.3) is 0 Å². The Kier molecular flexibility index (Phi) is 6.65. The molecular weight excluding hydrogens is 228 g/mol. The van der Waals surface area contributed by atoms with Gasteiger partial charge in [0.25, 0.3) is 0 Å². The van der Waals surface area contributed by atoms with Crippen LogP contribution < -0.4 is 11.1 Å². The average Bonchev–Trinajstić information content (AvgIpc) is 2.64. The molecule has 1 atom stereocenters. The topological polar surface area (TPSA) is 75.3 Å². The minimum Gasteiger partial charge on any atom is -0.393 e. The van der Waals surface area contributed by atoms with Crippen molar-refractivity contribution in [1.29, 1.82) is 0 Å². The normalized spacial score (nSPS) is 21.1. The number of hydrogen-bond donors (Lipinski definition) is 3. The standard InChI is InChI=1S/C14H28N2O2/c1-2-12(17)7-10-16-13(18)14(11-15)8-5-3-4-6-9-14/h12,17H,2-11,15H2,1H3,(H,16,18). The number of carbonyl (C=O) groups is 1. The Morgan fingerprint density at radius 2 is 1.94 bits per heavy atom. The van der Waals surface area contributed by atoms with E-state index >= 15 is 0 Å². The van der Waals surface area contributed by atoms with E-state index in [9.17, 15) is 9.90 Å². The largest absolute Gasteiger partial charge is 0.393 e. The van der Waals surface area contributed by atoms with Gasteiger partial charge >= 0.3 is 0 Å². The number of carbonyl (C=O) groups excluding carboxylic acids is 1. The third kappa shape index (κ3) is 4.25. The van der Waals surface area contributed by atoms with E-state index in [2.05, 4.69) is 5.32 Å². The van der Waals surface area contributed by atoms with E-state index < -0.39 is 0 Å². The van der Waals surface area contributed by atoms with Crippen LogP contribution in [0.4, 0.5) is 0 Å². The Balaban J connectivity index is 2.45. The van der Waals surface area contributed by atoms with Gasteiger partial charge in [-0.2, -0.15) is 0 Å². The van der Waals surface area contributed by atoms with E-state index in [4.69, 9.17) is 5.73 Å². The third-order valence-electron chi connectivity index (χ3n) is 4.17. The Morgan fingerprint density at radius 3 is 2.44 bits per heavy atom. The highest BCUT2D eigenvalue weighted by Crippen LogP contribution is 2.34. The molecule has 4 N–H and O–H groups in total. The zero-order valence-electron chi connectivity index (χ0n) is 11.6. The van der Waals surface area contributed by atoms with Gasteiger partial charge in [0, 0.05) is 13.1 Å². The Bertz CT molecular complexity index is 248. The predicted octanol–water partition coefficient (Wildman–Crippen LogP) is 1.56. The zero-order chi connectivity index (χ0) is 13.4. The molecule has 4 heteroatoms. The first-order valence-electron chi connectivity index (χ1n) is 7.31. The fraction of sp³-hybridized carbons (Fsp3) is 0.929. The van der Waals surface area contributed by atoms with Crippen molar-refractivity contribution in [1.82, 2.24) is 5.32 Å². The van der Waals surface area contributed by atoms with Gasteiger partial charge in [0.15, 0.2) is 0 Å². The lowest BCUT2D eigenvalue weighted by atomic mass is 9.79. The maximum Gasteiger partial charge on any atom is 0.227 e. The molecule has 106 valence electrons. The number of nitrogens with two attached hydrogens (primary N) is 1. The third-order valence-corrected chi connectivity index (χ3v) is 4.17. The molecule has 1 unspecified atom stereocenters. The van der Waals surface area contributed by atoms with Gasteiger partial charge in [-0.05, 0) is 25.7 Å². The van der Waals surface area contributed by atoms with E-state index in [1.165, 1.54) is 12.8 Å². The Morgan fingerprint density at radius 1 is 1.33 bits per heavy atom. The maximum atomic E-state index is 12.3. The van der Waals surface area contributed by atoms with E-state index in [-0.39, 0.29) is 17.4 Å². The molecule has 0 heterocycles. The van der Waals surface area contributed by atoms with E-state index in [1.54, 1.807) is 0 Å². The SMILES string of the molecule is CCC(O)CCNC(=O)C1(CN)CCCCCC1. The first kappa shape index (κ1) is 15.4. The first-order valence-corrected chi connectivity index (χ1v) is 7.31. The molecule has 0 spiro atoms. The van der Waals surface area contributed by atoms with Crippen LogP contribution in [0.2, 0.25) is 0 Å². The van der Waals surface area contributed by atoms with Gasteiger partial charge in [0.2, 0.25) is 5.91 Å². The molecule has 18 heavy (non-hydrogen) atoms. The summed E-state index contributed by atoms with van der Waals surface area (Å²) in [7, 11) is 0. The minimum atomic E-state index is -0.354. The molecule has 1 saturated carbocycles. The van der Waals surface area contributed by atoms with Crippen molar-refractivity contribution < 1.29 is 9.90 Å². The second kappa shape index (κ2) is 7.74. The first-order chi connectivity index (χ1) is 8.64. The highest BCUT2D eigenvalue weighted by molar-refractivity contribution is 5.82. The van der Waals surface area contributed by atoms with Crippen molar-refractivity contribution in [3.63, 3.8) is 0 Å². The van der Waals surface area contributed by atoms with Crippen LogP contribution in [0.3, 0.4) is 0 Å². The minimum absolute atomic E-state index is 0.0928. The van der Waals surface area contributed by atoms with Gasteiger partial charge in [-0.15, -0.1) is 0 Å². The molecule has 1 fully saturated rings. The summed E-state index contributed by atoms with van der Waals surface area (Å²) < 4.78 is 0. The van der Waals surface area contributed by atoms with Crippen LogP contribution in [0.5, 0.6) is 0 Å². The molecule has 0 aromatic rings. The van der Waals surface area contributed by atoms with Gasteiger partial charge in [0.1, 0.15) is 0 Å². The summed E-state index contributed by atoms with van der Waals surface area (Å²) in [6.45, 7) is 2.93. The van der Waals surface area contributed by atoms with Crippen molar-refractivity contribution in [2.24, 2.45) is 11.1 Å². The number of nitrogens with one attached hydrogen (secondary N) is 1. The molecule has 1 amide bonds. The summed E-state index contributed by atoms with van der Waals surface area (Å²) in [5, 5.41) is 12.4. The molecule has 1 aliphatic rings. The van der Waals surface area contributed by atoms with E-state index in [1.807, 2.05) is 6.92 Å². The lowest BCUT2D eigenvalue weighted by Gasteiger charge is -2.30. The fourth-order valence-electron chi connectivity index (χ4n) is 2.67. The molecule has 4 nitrogen and oxygen atoms in total. The summed E-state index contributed by atoms with van der Waals surface area (Å²) in [6, 6.07) is 0. The molecule has 0 aliphatic heterocycles. The second-order valence-electron chi connectivity index (χ2n) is 5.51. The second-order valence-corrected chi connectivity index (χ2v) is 5.51. The van der Waals surface area contributed by atoms with Crippen LogP contribution in [-0.4, -0.2) is 30.2 Å². The fourth-order valence-corrected chi connectivity index (χ4v) is 2.67. The van der Waals surface area contributed by atoms with Crippen molar-refractivity contribution in [2.45, 2.75) is 64.4 Å². The Labute approximate surface area is 110 Å². The summed E-state index contributed by atoms with van der Waals surface area (Å²) in [5.74, 6) is 0.0928. The van der Waals surface area contributed by atoms with Gasteiger partial charge in [-0.1, -0.05) is 32.6 Å². The van der Waals surface area contributed by atoms with Crippen LogP contribution in [-0.2, 0) is 4.79 Å². The molecule has 1 rings (SSSR count). The van der Waals surface area contributed by atoms with Crippen LogP contribution in [0.1, 0.15) is 58.3 Å². The van der Waals surface area contributed by atoms with Gasteiger partial charge in [-0.25, -0.2) is 0 Å². The number of aliphatic hydroxyl groups is 1. The summed E-state index contributed by atoms with van der Waals surface area (Å²) in [6.07, 6.45) is 7.49. The average molecular weight is 256 g/mol. The Hall–Kier alpha value is -0.610. The van der Waals surface area contributed by atoms with Crippen molar-refractivity contribution in [3.8, 4) is 0 Å². The molecule has 0 aromatic heterocycles. The van der Waals surface area contributed by atoms with E-state index in [0.717, 1.165) is 32.1 Å². The summed E-state index contributed by atoms with van der Waals surface area (Å²) in [4.78, 5) is 12.3. The molecular formula is C14H28N2O2. The monoisotopic (exact) mass is 256 g/mol. The van der Waals surface area contributed by atoms with Gasteiger partial charge in [0.05, 0.1) is 11.5 Å². The quantitative estimate of drug-likeness (QED) is 0.631.